The molecule has 1 aromatic heterocycles. The molecule has 2 amide bonds. The van der Waals surface area contributed by atoms with Crippen LogP contribution in [0.15, 0.2) is 42.7 Å². The Morgan fingerprint density at radius 3 is 2.38 bits per heavy atom. The molecule has 3 fully saturated rings. The molecular formula is C32H43FN4O4S. The van der Waals surface area contributed by atoms with E-state index in [0.29, 0.717) is 24.3 Å². The first-order chi connectivity index (χ1) is 19.7. The van der Waals surface area contributed by atoms with Crippen LogP contribution >= 0.6 is 0 Å². The molecule has 2 saturated carbocycles. The maximum Gasteiger partial charge on any atom is 0.411 e. The molecule has 42 heavy (non-hydrogen) atoms. The fourth-order valence-corrected chi connectivity index (χ4v) is 6.73. The van der Waals surface area contributed by atoms with E-state index in [2.05, 4.69) is 15.0 Å². The number of aromatic nitrogens is 1. The van der Waals surface area contributed by atoms with Crippen molar-refractivity contribution in [1.82, 2.24) is 14.6 Å². The molecule has 0 unspecified atom stereocenters. The number of ether oxygens (including phenoxy) is 1. The van der Waals surface area contributed by atoms with Gasteiger partial charge < -0.3 is 14.6 Å². The molecule has 1 aromatic carbocycles. The second kappa shape index (κ2) is 11.4. The number of amides is 2. The van der Waals surface area contributed by atoms with Crippen molar-refractivity contribution < 1.29 is 23.3 Å². The Morgan fingerprint density at radius 1 is 1.07 bits per heavy atom. The predicted octanol–water partition coefficient (Wildman–Crippen LogP) is 6.04. The number of anilines is 1. The minimum absolute atomic E-state index is 0.0230. The molecule has 8 nitrogen and oxygen atoms in total. The van der Waals surface area contributed by atoms with E-state index in [9.17, 15) is 14.1 Å². The number of hydrogen-bond acceptors (Lipinski definition) is 6. The number of carbonyl (C=O) groups excluding carboxylic acids is 2. The molecular weight excluding hydrogens is 555 g/mol. The van der Waals surface area contributed by atoms with Gasteiger partial charge in [-0.2, -0.15) is 0 Å². The maximum absolute atomic E-state index is 15.3. The van der Waals surface area contributed by atoms with Gasteiger partial charge in [0.25, 0.3) is 0 Å². The van der Waals surface area contributed by atoms with Crippen molar-refractivity contribution in [2.24, 2.45) is 11.8 Å². The summed E-state index contributed by atoms with van der Waals surface area (Å²) in [6.45, 7) is 11.1. The van der Waals surface area contributed by atoms with Crippen molar-refractivity contribution in [2.45, 2.75) is 108 Å². The molecule has 5 atom stereocenters. The summed E-state index contributed by atoms with van der Waals surface area (Å²) >= 11 is -1.45. The molecule has 2 N–H and O–H groups in total. The molecule has 2 heterocycles. The highest BCUT2D eigenvalue weighted by molar-refractivity contribution is 7.90. The van der Waals surface area contributed by atoms with Crippen LogP contribution in [0.2, 0.25) is 0 Å². The fraction of sp³-hybridized carbons (Fsp3) is 0.594. The topological polar surface area (TPSA) is 107 Å². The van der Waals surface area contributed by atoms with Crippen LogP contribution in [0.25, 0.3) is 0 Å². The van der Waals surface area contributed by atoms with Crippen LogP contribution in [-0.4, -0.2) is 48.9 Å². The van der Waals surface area contributed by atoms with Gasteiger partial charge in [-0.25, -0.2) is 9.18 Å². The predicted molar refractivity (Wildman–Crippen MR) is 161 cm³/mol. The summed E-state index contributed by atoms with van der Waals surface area (Å²) in [7, 11) is 0. The van der Waals surface area contributed by atoms with Crippen LogP contribution in [0.1, 0.15) is 91.2 Å². The number of hydrogen-bond donors (Lipinski definition) is 2. The third-order valence-corrected chi connectivity index (χ3v) is 10.00. The third kappa shape index (κ3) is 6.76. The van der Waals surface area contributed by atoms with Gasteiger partial charge in [-0.3, -0.25) is 14.7 Å². The molecule has 1 saturated heterocycles. The Hall–Kier alpha value is -2.69. The minimum atomic E-state index is -1.45. The zero-order valence-electron chi connectivity index (χ0n) is 25.4. The van der Waals surface area contributed by atoms with Gasteiger partial charge in [0.2, 0.25) is 5.91 Å². The van der Waals surface area contributed by atoms with Crippen LogP contribution in [0.3, 0.4) is 0 Å². The van der Waals surface area contributed by atoms with Crippen molar-refractivity contribution in [3.05, 3.63) is 59.7 Å². The van der Waals surface area contributed by atoms with E-state index in [0.717, 1.165) is 31.2 Å². The Morgan fingerprint density at radius 2 is 1.76 bits per heavy atom. The average molecular weight is 599 g/mol. The van der Waals surface area contributed by atoms with Gasteiger partial charge in [0.05, 0.1) is 5.69 Å². The molecule has 2 aliphatic carbocycles. The molecule has 1 aliphatic heterocycles. The molecule has 3 aliphatic rings. The molecule has 0 spiro atoms. The molecule has 2 aromatic rings. The van der Waals surface area contributed by atoms with Crippen molar-refractivity contribution in [3.63, 3.8) is 0 Å². The Labute approximate surface area is 251 Å². The van der Waals surface area contributed by atoms with Crippen LogP contribution < -0.4 is 10.0 Å². The first-order valence-corrected chi connectivity index (χ1v) is 16.1. The number of nitrogens with one attached hydrogen (secondary N) is 2. The van der Waals surface area contributed by atoms with Crippen LogP contribution in [-0.2, 0) is 26.4 Å². The lowest BCUT2D eigenvalue weighted by Gasteiger charge is -2.39. The highest BCUT2D eigenvalue weighted by Gasteiger charge is 2.57. The Balaban J connectivity index is 1.47. The van der Waals surface area contributed by atoms with Crippen LogP contribution in [0, 0.1) is 17.7 Å². The summed E-state index contributed by atoms with van der Waals surface area (Å²) in [6, 6.07) is 7.71. The summed E-state index contributed by atoms with van der Waals surface area (Å²) in [6.07, 6.45) is 8.12. The SMILES string of the molecule is CC(C)(C)OC(=O)N1[C@@H](C(=O)Nc2cc([C@@](CCC3CC3)(N[S@+]([O-])C(C)(C)C)c3ccncc3)ccc2F)C[C@H]2C[C@H]21. The van der Waals surface area contributed by atoms with Gasteiger partial charge in [-0.15, -0.1) is 4.72 Å². The lowest BCUT2D eigenvalue weighted by atomic mass is 9.79. The monoisotopic (exact) mass is 598 g/mol. The van der Waals surface area contributed by atoms with E-state index in [-0.39, 0.29) is 17.6 Å². The van der Waals surface area contributed by atoms with E-state index in [1.807, 2.05) is 32.9 Å². The third-order valence-electron chi connectivity index (χ3n) is 8.35. The number of halogens is 1. The second-order valence-electron chi connectivity index (χ2n) is 14.0. The molecule has 5 rings (SSSR count). The highest BCUT2D eigenvalue weighted by atomic mass is 32.2. The lowest BCUT2D eigenvalue weighted by Crippen LogP contribution is -2.52. The first kappa shape index (κ1) is 30.8. The number of carbonyl (C=O) groups is 2. The number of rotatable bonds is 9. The van der Waals surface area contributed by atoms with E-state index < -0.39 is 51.1 Å². The van der Waals surface area contributed by atoms with Gasteiger partial charge >= 0.3 is 6.09 Å². The smallest absolute Gasteiger partial charge is 0.411 e. The largest absolute Gasteiger partial charge is 0.598 e. The van der Waals surface area contributed by atoms with Crippen molar-refractivity contribution in [2.75, 3.05) is 5.32 Å². The molecule has 0 radical (unpaired) electrons. The zero-order chi connectivity index (χ0) is 30.4. The van der Waals surface area contributed by atoms with Crippen LogP contribution in [0.5, 0.6) is 0 Å². The molecule has 228 valence electrons. The van der Waals surface area contributed by atoms with Crippen molar-refractivity contribution >= 4 is 29.0 Å². The lowest BCUT2D eigenvalue weighted by molar-refractivity contribution is -0.121. The van der Waals surface area contributed by atoms with Crippen molar-refractivity contribution in [1.29, 1.82) is 0 Å². The second-order valence-corrected chi connectivity index (χ2v) is 16.0. The quantitative estimate of drug-likeness (QED) is 0.341. The minimum Gasteiger partial charge on any atom is -0.598 e. The first-order valence-electron chi connectivity index (χ1n) is 14.9. The number of benzene rings is 1. The van der Waals surface area contributed by atoms with E-state index in [4.69, 9.17) is 4.74 Å². The summed E-state index contributed by atoms with van der Waals surface area (Å²) in [5.74, 6) is -0.171. The van der Waals surface area contributed by atoms with Crippen LogP contribution in [0.4, 0.5) is 14.9 Å². The van der Waals surface area contributed by atoms with Gasteiger partial charge in [0, 0.05) is 29.8 Å². The van der Waals surface area contributed by atoms with E-state index in [1.54, 1.807) is 45.3 Å². The number of nitrogens with zero attached hydrogens (tertiary/aromatic N) is 2. The fourth-order valence-electron chi connectivity index (χ4n) is 5.77. The maximum atomic E-state index is 15.3. The summed E-state index contributed by atoms with van der Waals surface area (Å²) in [5.41, 5.74) is -0.0134. The van der Waals surface area contributed by atoms with Gasteiger partial charge in [0.15, 0.2) is 0 Å². The standard InChI is InChI=1S/C32H43FN4O4S/c1-30(2,3)41-29(39)37-26-17-21(26)18-27(37)28(38)35-25-19-23(9-10-24(25)33)32(14-11-20-7-8-20,22-12-15-34-16-13-22)36-42(40)31(4,5)6/h9-10,12-13,15-16,19-21,26-27,36H,7-8,11,14,17-18H2,1-6H3,(H,35,38)/t21-,26-,27-,32+,42-/m1/s1. The molecule has 10 heteroatoms. The number of pyridine rings is 1. The molecule has 0 bridgehead atoms. The van der Waals surface area contributed by atoms with E-state index >= 15 is 4.39 Å². The normalized spacial score (nSPS) is 24.0. The number of likely N-dealkylation sites (tertiary alicyclic amines) is 1. The Kier molecular flexibility index (Phi) is 8.37. The van der Waals surface area contributed by atoms with Gasteiger partial charge in [0.1, 0.15) is 27.7 Å². The summed E-state index contributed by atoms with van der Waals surface area (Å²) in [4.78, 5) is 32.3. The number of piperidine rings is 1. The average Bonchev–Trinajstić information content (AvgIpc) is 3.84. The van der Waals surface area contributed by atoms with Crippen molar-refractivity contribution in [3.8, 4) is 0 Å². The Bertz CT molecular complexity index is 1310. The summed E-state index contributed by atoms with van der Waals surface area (Å²) in [5, 5.41) is 2.79. The van der Waals surface area contributed by atoms with Gasteiger partial charge in [-0.1, -0.05) is 18.9 Å². The van der Waals surface area contributed by atoms with E-state index in [1.165, 1.54) is 11.0 Å². The zero-order valence-corrected chi connectivity index (χ0v) is 26.2. The summed E-state index contributed by atoms with van der Waals surface area (Å²) < 4.78 is 37.4. The van der Waals surface area contributed by atoms with Gasteiger partial charge in [-0.05, 0) is 114 Å². The highest BCUT2D eigenvalue weighted by Crippen LogP contribution is 2.49. The number of fused-ring (bicyclic) bond motifs is 1.